The van der Waals surface area contributed by atoms with E-state index in [-0.39, 0.29) is 16.9 Å². The molecule has 0 spiro atoms. The van der Waals surface area contributed by atoms with Crippen LogP contribution in [0, 0.1) is 16.0 Å². The molecule has 0 N–H and O–H groups in total. The van der Waals surface area contributed by atoms with E-state index in [1.165, 1.54) is 0 Å². The summed E-state index contributed by atoms with van der Waals surface area (Å²) in [5.41, 5.74) is 0.849. The molecule has 2 aliphatic rings. The summed E-state index contributed by atoms with van der Waals surface area (Å²) in [6, 6.07) is 8.46. The molecule has 0 bridgehead atoms. The summed E-state index contributed by atoms with van der Waals surface area (Å²) in [6.45, 7) is 0.577. The van der Waals surface area contributed by atoms with Crippen LogP contribution in [0.15, 0.2) is 34.9 Å². The maximum atomic E-state index is 12.7. The topological polar surface area (TPSA) is 102 Å². The van der Waals surface area contributed by atoms with Crippen LogP contribution in [-0.2, 0) is 4.79 Å². The standard InChI is InChI=1S/C17H18N4O4/c22-17(12-10-14(12)21(23)24)20-9-5-4-8-13(20)16-18-15(19-25-16)11-6-2-1-3-7-11/h1-3,6-7,12-14H,4-5,8-10H2/t12-,13-,14-/m1/s1. The number of benzene rings is 1. The number of carbonyl (C=O) groups excluding carboxylic acids is 1. The molecule has 1 saturated carbocycles. The SMILES string of the molecule is O=C([C@@H]1C[C@H]1[N+](=O)[O-])N1CCCC[C@@H]1c1nc(-c2ccccc2)no1. The number of rotatable bonds is 4. The molecule has 1 aromatic carbocycles. The zero-order chi connectivity index (χ0) is 17.4. The van der Waals surface area contributed by atoms with Crippen molar-refractivity contribution < 1.29 is 14.2 Å². The summed E-state index contributed by atoms with van der Waals surface area (Å²) in [5.74, 6) is 0.228. The van der Waals surface area contributed by atoms with Gasteiger partial charge < -0.3 is 9.42 Å². The van der Waals surface area contributed by atoms with Crippen molar-refractivity contribution in [3.05, 3.63) is 46.3 Å². The van der Waals surface area contributed by atoms with Crippen molar-refractivity contribution in [1.29, 1.82) is 0 Å². The molecule has 130 valence electrons. The molecule has 0 unspecified atom stereocenters. The van der Waals surface area contributed by atoms with E-state index in [9.17, 15) is 14.9 Å². The Morgan fingerprint density at radius 3 is 2.80 bits per heavy atom. The van der Waals surface area contributed by atoms with Gasteiger partial charge in [0.25, 0.3) is 0 Å². The molecule has 4 rings (SSSR count). The van der Waals surface area contributed by atoms with Gasteiger partial charge in [-0.1, -0.05) is 35.5 Å². The van der Waals surface area contributed by atoms with Gasteiger partial charge in [0.15, 0.2) is 0 Å². The minimum atomic E-state index is -0.738. The maximum absolute atomic E-state index is 12.7. The lowest BCUT2D eigenvalue weighted by atomic mass is 10.0. The fourth-order valence-corrected chi connectivity index (χ4v) is 3.42. The van der Waals surface area contributed by atoms with Crippen molar-refractivity contribution in [3.63, 3.8) is 0 Å². The van der Waals surface area contributed by atoms with Gasteiger partial charge in [-0.25, -0.2) is 0 Å². The van der Waals surface area contributed by atoms with Crippen LogP contribution in [0.3, 0.4) is 0 Å². The molecule has 8 heteroatoms. The first kappa shape index (κ1) is 15.7. The van der Waals surface area contributed by atoms with Gasteiger partial charge in [0.2, 0.25) is 23.7 Å². The lowest BCUT2D eigenvalue weighted by Crippen LogP contribution is -2.40. The maximum Gasteiger partial charge on any atom is 0.249 e. The Kier molecular flexibility index (Phi) is 3.95. The third kappa shape index (κ3) is 2.99. The highest BCUT2D eigenvalue weighted by Crippen LogP contribution is 2.39. The predicted octanol–water partition coefficient (Wildman–Crippen LogP) is 2.46. The summed E-state index contributed by atoms with van der Waals surface area (Å²) >= 11 is 0. The average molecular weight is 342 g/mol. The van der Waals surface area contributed by atoms with Gasteiger partial charge in [-0.2, -0.15) is 4.98 Å². The van der Waals surface area contributed by atoms with Crippen LogP contribution >= 0.6 is 0 Å². The Morgan fingerprint density at radius 2 is 2.08 bits per heavy atom. The quantitative estimate of drug-likeness (QED) is 0.624. The van der Waals surface area contributed by atoms with Gasteiger partial charge in [0.1, 0.15) is 12.0 Å². The highest BCUT2D eigenvalue weighted by atomic mass is 16.6. The first-order valence-corrected chi connectivity index (χ1v) is 8.48. The number of hydrogen-bond donors (Lipinski definition) is 0. The number of hydrogen-bond acceptors (Lipinski definition) is 6. The summed E-state index contributed by atoms with van der Waals surface area (Å²) in [6.07, 6.45) is 2.91. The van der Waals surface area contributed by atoms with Crippen LogP contribution in [-0.4, -0.2) is 38.5 Å². The van der Waals surface area contributed by atoms with E-state index in [1.54, 1.807) is 4.90 Å². The molecule has 0 radical (unpaired) electrons. The molecule has 2 fully saturated rings. The molecule has 3 atom stereocenters. The second-order valence-corrected chi connectivity index (χ2v) is 6.56. The largest absolute Gasteiger partial charge is 0.337 e. The van der Waals surface area contributed by atoms with Crippen molar-refractivity contribution in [3.8, 4) is 11.4 Å². The number of carbonyl (C=O) groups is 1. The van der Waals surface area contributed by atoms with Crippen LogP contribution in [0.2, 0.25) is 0 Å². The number of nitrogens with zero attached hydrogens (tertiary/aromatic N) is 4. The van der Waals surface area contributed by atoms with E-state index < -0.39 is 12.0 Å². The Balaban J connectivity index is 1.55. The van der Waals surface area contributed by atoms with Gasteiger partial charge in [-0.05, 0) is 19.3 Å². The van der Waals surface area contributed by atoms with Crippen LogP contribution < -0.4 is 0 Å². The van der Waals surface area contributed by atoms with E-state index in [0.29, 0.717) is 24.7 Å². The molecule has 2 aromatic rings. The minimum Gasteiger partial charge on any atom is -0.337 e. The van der Waals surface area contributed by atoms with Gasteiger partial charge >= 0.3 is 0 Å². The molecule has 1 aromatic heterocycles. The molecule has 1 aliphatic carbocycles. The number of amides is 1. The van der Waals surface area contributed by atoms with Crippen molar-refractivity contribution in [1.82, 2.24) is 15.0 Å². The molecule has 1 saturated heterocycles. The van der Waals surface area contributed by atoms with Crippen LogP contribution in [0.4, 0.5) is 0 Å². The monoisotopic (exact) mass is 342 g/mol. The zero-order valence-electron chi connectivity index (χ0n) is 13.6. The van der Waals surface area contributed by atoms with E-state index in [2.05, 4.69) is 10.1 Å². The normalized spacial score (nSPS) is 25.6. The second-order valence-electron chi connectivity index (χ2n) is 6.56. The fourth-order valence-electron chi connectivity index (χ4n) is 3.42. The number of piperidine rings is 1. The van der Waals surface area contributed by atoms with E-state index in [0.717, 1.165) is 24.8 Å². The highest BCUT2D eigenvalue weighted by Gasteiger charge is 2.55. The lowest BCUT2D eigenvalue weighted by Gasteiger charge is -2.33. The number of nitro groups is 1. The molecule has 8 nitrogen and oxygen atoms in total. The Bertz CT molecular complexity index is 791. The highest BCUT2D eigenvalue weighted by molar-refractivity contribution is 5.82. The Labute approximate surface area is 144 Å². The summed E-state index contributed by atoms with van der Waals surface area (Å²) in [7, 11) is 0. The molecule has 25 heavy (non-hydrogen) atoms. The second kappa shape index (κ2) is 6.27. The van der Waals surface area contributed by atoms with Crippen molar-refractivity contribution in [2.24, 2.45) is 5.92 Å². The van der Waals surface area contributed by atoms with E-state index in [1.807, 2.05) is 30.3 Å². The van der Waals surface area contributed by atoms with Crippen molar-refractivity contribution in [2.75, 3.05) is 6.54 Å². The van der Waals surface area contributed by atoms with E-state index >= 15 is 0 Å². The molecular weight excluding hydrogens is 324 g/mol. The first-order valence-electron chi connectivity index (χ1n) is 8.48. The Hall–Kier alpha value is -2.77. The molecule has 1 aliphatic heterocycles. The van der Waals surface area contributed by atoms with Gasteiger partial charge in [0, 0.05) is 23.5 Å². The number of likely N-dealkylation sites (tertiary alicyclic amines) is 1. The lowest BCUT2D eigenvalue weighted by molar-refractivity contribution is -0.497. The first-order chi connectivity index (χ1) is 12.1. The van der Waals surface area contributed by atoms with Crippen molar-refractivity contribution in [2.45, 2.75) is 37.8 Å². The summed E-state index contributed by atoms with van der Waals surface area (Å²) < 4.78 is 5.42. The third-order valence-corrected chi connectivity index (χ3v) is 4.89. The Morgan fingerprint density at radius 1 is 1.28 bits per heavy atom. The van der Waals surface area contributed by atoms with Gasteiger partial charge in [-0.15, -0.1) is 0 Å². The van der Waals surface area contributed by atoms with Crippen LogP contribution in [0.5, 0.6) is 0 Å². The number of aromatic nitrogens is 2. The van der Waals surface area contributed by atoms with Crippen molar-refractivity contribution >= 4 is 5.91 Å². The minimum absolute atomic E-state index is 0.161. The molecular formula is C17H18N4O4. The smallest absolute Gasteiger partial charge is 0.249 e. The van der Waals surface area contributed by atoms with Gasteiger partial charge in [0.05, 0.1) is 0 Å². The average Bonchev–Trinajstić information content (AvgIpc) is 3.31. The summed E-state index contributed by atoms with van der Waals surface area (Å²) in [5, 5.41) is 14.9. The predicted molar refractivity (Wildman–Crippen MR) is 86.9 cm³/mol. The van der Waals surface area contributed by atoms with Crippen LogP contribution in [0.1, 0.15) is 37.6 Å². The summed E-state index contributed by atoms with van der Waals surface area (Å²) in [4.78, 5) is 29.3. The fraction of sp³-hybridized carbons (Fsp3) is 0.471. The van der Waals surface area contributed by atoms with E-state index in [4.69, 9.17) is 4.52 Å². The van der Waals surface area contributed by atoms with Gasteiger partial charge in [-0.3, -0.25) is 14.9 Å². The molecule has 2 heterocycles. The third-order valence-electron chi connectivity index (χ3n) is 4.89. The zero-order valence-corrected chi connectivity index (χ0v) is 13.6. The molecule has 1 amide bonds. The van der Waals surface area contributed by atoms with Crippen LogP contribution in [0.25, 0.3) is 11.4 Å².